The molecule has 5 aromatic rings. The van der Waals surface area contributed by atoms with E-state index < -0.39 is 0 Å². The molecule has 0 radical (unpaired) electrons. The van der Waals surface area contributed by atoms with E-state index in [1.165, 1.54) is 5.57 Å². The molecule has 2 aromatic heterocycles. The highest BCUT2D eigenvalue weighted by molar-refractivity contribution is 6.11. The Hall–Kier alpha value is -6.19. The second-order valence-electron chi connectivity index (χ2n) is 14.4. The number of nitrogens with one attached hydrogen (secondary N) is 2. The maximum Gasteiger partial charge on any atom is 0.311 e. The number of aromatic amines is 2. The average molecular weight is 765 g/mol. The topological polar surface area (TPSA) is 109 Å². The summed E-state index contributed by atoms with van der Waals surface area (Å²) >= 11 is 0. The monoisotopic (exact) mass is 764 g/mol. The largest absolute Gasteiger partial charge is 0.494 e. The van der Waals surface area contributed by atoms with E-state index in [0.717, 1.165) is 69.3 Å². The van der Waals surface area contributed by atoms with Gasteiger partial charge in [-0.1, -0.05) is 61.5 Å². The predicted octanol–water partition coefficient (Wildman–Crippen LogP) is 9.99. The molecule has 1 aliphatic heterocycles. The summed E-state index contributed by atoms with van der Waals surface area (Å²) in [4.78, 5) is 39.7. The molecule has 0 fully saturated rings. The van der Waals surface area contributed by atoms with Crippen molar-refractivity contribution in [3.63, 3.8) is 0 Å². The van der Waals surface area contributed by atoms with Gasteiger partial charge in [-0.3, -0.25) is 9.59 Å². The molecular weight excluding hydrogens is 713 g/mol. The number of nitrogens with zero attached hydrogens (tertiary/aromatic N) is 2. The number of allylic oxidation sites excluding steroid dienone is 2. The minimum atomic E-state index is -0.324. The summed E-state index contributed by atoms with van der Waals surface area (Å²) in [5.41, 5.74) is 11.1. The van der Waals surface area contributed by atoms with Crippen molar-refractivity contribution in [2.45, 2.75) is 52.9 Å². The fraction of sp³-hybridized carbons (Fsp3) is 0.271. The molecule has 0 amide bonds. The molecule has 0 saturated carbocycles. The number of esters is 1. The number of likely N-dealkylation sites (N-methyl/N-ethyl adjacent to an activating group) is 1. The van der Waals surface area contributed by atoms with Crippen LogP contribution in [0.15, 0.2) is 120 Å². The van der Waals surface area contributed by atoms with Crippen LogP contribution in [0.25, 0.3) is 17.2 Å². The van der Waals surface area contributed by atoms with Crippen molar-refractivity contribution in [2.75, 3.05) is 34.4 Å². The lowest BCUT2D eigenvalue weighted by Gasteiger charge is -2.17. The van der Waals surface area contributed by atoms with Crippen LogP contribution in [-0.4, -0.2) is 66.7 Å². The molecule has 2 N–H and O–H groups in total. The number of unbranched alkanes of at least 4 members (excludes halogenated alkanes) is 1. The number of carbonyl (C=O) groups is 2. The van der Waals surface area contributed by atoms with Gasteiger partial charge in [-0.05, 0) is 123 Å². The number of aromatic nitrogens is 2. The molecule has 3 heterocycles. The van der Waals surface area contributed by atoms with Crippen molar-refractivity contribution in [3.05, 3.63) is 160 Å². The van der Waals surface area contributed by atoms with Crippen LogP contribution in [0.1, 0.15) is 88.7 Å². The third kappa shape index (κ3) is 10.2. The lowest BCUT2D eigenvalue weighted by molar-refractivity contribution is -0.134. The second kappa shape index (κ2) is 19.1. The molecule has 0 saturated heterocycles. The molecule has 0 aliphatic carbocycles. The Balaban J connectivity index is 1.06. The molecule has 9 nitrogen and oxygen atoms in total. The molecule has 1 aliphatic rings. The van der Waals surface area contributed by atoms with Crippen LogP contribution < -0.4 is 9.47 Å². The molecule has 3 aromatic carbocycles. The minimum absolute atomic E-state index is 0.0386. The van der Waals surface area contributed by atoms with Gasteiger partial charge in [0.05, 0.1) is 18.5 Å². The van der Waals surface area contributed by atoms with E-state index in [1.807, 2.05) is 101 Å². The molecule has 0 bridgehead atoms. The van der Waals surface area contributed by atoms with Crippen molar-refractivity contribution in [3.8, 4) is 11.5 Å². The van der Waals surface area contributed by atoms with E-state index in [1.54, 1.807) is 7.11 Å². The summed E-state index contributed by atoms with van der Waals surface area (Å²) in [6.07, 6.45) is 8.15. The van der Waals surface area contributed by atoms with Gasteiger partial charge in [0, 0.05) is 48.6 Å². The van der Waals surface area contributed by atoms with E-state index >= 15 is 0 Å². The Morgan fingerprint density at radius 2 is 1.51 bits per heavy atom. The summed E-state index contributed by atoms with van der Waals surface area (Å²) in [5, 5.41) is 0. The number of Topliss-reactive ketones (excluding diaryl/α,β-unsaturated/α-hetero) is 1. The zero-order chi connectivity index (χ0) is 40.3. The van der Waals surface area contributed by atoms with Crippen LogP contribution >= 0.6 is 0 Å². The molecule has 294 valence electrons. The summed E-state index contributed by atoms with van der Waals surface area (Å²) in [7, 11) is 5.68. The molecule has 0 spiro atoms. The third-order valence-electron chi connectivity index (χ3n) is 10.0. The number of aliphatic imine (C=N–C) groups is 1. The highest BCUT2D eigenvalue weighted by Crippen LogP contribution is 2.36. The molecule has 9 heteroatoms. The normalized spacial score (nSPS) is 13.7. The Morgan fingerprint density at radius 3 is 2.14 bits per heavy atom. The first-order valence-electron chi connectivity index (χ1n) is 19.5. The van der Waals surface area contributed by atoms with E-state index in [2.05, 4.69) is 58.2 Å². The first-order valence-corrected chi connectivity index (χ1v) is 19.5. The second-order valence-corrected chi connectivity index (χ2v) is 14.4. The van der Waals surface area contributed by atoms with Crippen LogP contribution in [0.4, 0.5) is 0 Å². The van der Waals surface area contributed by atoms with E-state index in [9.17, 15) is 9.59 Å². The number of hydrogen-bond acceptors (Lipinski definition) is 7. The van der Waals surface area contributed by atoms with Crippen molar-refractivity contribution in [1.82, 2.24) is 14.9 Å². The zero-order valence-electron chi connectivity index (χ0n) is 33.8. The number of methoxy groups -OCH3 is 1. The zero-order valence-corrected chi connectivity index (χ0v) is 33.8. The van der Waals surface area contributed by atoms with Crippen LogP contribution in [0.5, 0.6) is 11.5 Å². The first-order chi connectivity index (χ1) is 27.6. The SMILES string of the molecule is CC/C(=C(/c1ccc(OCCN(C)C)cc1)c1ccc(OC(=O)CCCCC(=O)c2c(C)[nH]c(/C=C3/N=C(c4ccc[nH]4)C=C3OC)c2C)cc1)c1ccccc1. The van der Waals surface area contributed by atoms with Gasteiger partial charge in [0.1, 0.15) is 29.6 Å². The van der Waals surface area contributed by atoms with E-state index in [4.69, 9.17) is 19.2 Å². The maximum atomic E-state index is 13.4. The Kier molecular flexibility index (Phi) is 13.6. The van der Waals surface area contributed by atoms with E-state index in [-0.39, 0.29) is 18.2 Å². The average Bonchev–Trinajstić information content (AvgIpc) is 3.96. The number of H-pyrrole nitrogens is 2. The van der Waals surface area contributed by atoms with Crippen LogP contribution in [-0.2, 0) is 9.53 Å². The highest BCUT2D eigenvalue weighted by Gasteiger charge is 2.21. The van der Waals surface area contributed by atoms with Crippen LogP contribution in [0.3, 0.4) is 0 Å². The number of ketones is 1. The van der Waals surface area contributed by atoms with Crippen LogP contribution in [0.2, 0.25) is 0 Å². The van der Waals surface area contributed by atoms with Gasteiger partial charge in [0.25, 0.3) is 0 Å². The number of hydrogen-bond donors (Lipinski definition) is 2. The van der Waals surface area contributed by atoms with Crippen molar-refractivity contribution in [2.24, 2.45) is 4.99 Å². The molecular formula is C48H52N4O5. The first kappa shape index (κ1) is 40.5. The lowest BCUT2D eigenvalue weighted by atomic mass is 9.88. The fourth-order valence-corrected chi connectivity index (χ4v) is 7.08. The standard InChI is InChI=1S/C48H52N4O5/c1-7-39(34-14-9-8-10-15-34)48(35-19-23-37(24-20-35)56-29-28-52(4)5)36-21-25-38(26-22-36)57-46(54)18-12-11-17-44(53)47-32(2)41(50-33(47)3)30-43-45(55-6)31-42(51-43)40-16-13-27-49-40/h8-10,13-16,19-27,30-31,49-50H,7,11-12,17-18,28-29H2,1-6H3/b43-30+,48-39+. The Bertz CT molecular complexity index is 2270. The van der Waals surface area contributed by atoms with Gasteiger partial charge in [-0.2, -0.15) is 0 Å². The third-order valence-corrected chi connectivity index (χ3v) is 10.0. The number of ether oxygens (including phenoxy) is 3. The van der Waals surface area contributed by atoms with Gasteiger partial charge in [0.15, 0.2) is 5.78 Å². The van der Waals surface area contributed by atoms with Gasteiger partial charge in [0.2, 0.25) is 0 Å². The summed E-state index contributed by atoms with van der Waals surface area (Å²) < 4.78 is 17.3. The van der Waals surface area contributed by atoms with E-state index in [0.29, 0.717) is 48.6 Å². The quantitative estimate of drug-likeness (QED) is 0.0302. The molecule has 0 unspecified atom stereocenters. The van der Waals surface area contributed by atoms with Crippen molar-refractivity contribution >= 4 is 34.7 Å². The summed E-state index contributed by atoms with van der Waals surface area (Å²) in [5.74, 6) is 1.69. The fourth-order valence-electron chi connectivity index (χ4n) is 7.08. The smallest absolute Gasteiger partial charge is 0.311 e. The Morgan fingerprint density at radius 1 is 0.825 bits per heavy atom. The highest BCUT2D eigenvalue weighted by atomic mass is 16.5. The summed E-state index contributed by atoms with van der Waals surface area (Å²) in [6, 6.07) is 30.3. The number of rotatable bonds is 18. The number of benzene rings is 3. The molecule has 57 heavy (non-hydrogen) atoms. The molecule has 6 rings (SSSR count). The number of aryl methyl sites for hydroxylation is 1. The summed E-state index contributed by atoms with van der Waals surface area (Å²) in [6.45, 7) is 7.47. The van der Waals surface area contributed by atoms with Crippen LogP contribution in [0, 0.1) is 13.8 Å². The van der Waals surface area contributed by atoms with Gasteiger partial charge in [-0.15, -0.1) is 0 Å². The minimum Gasteiger partial charge on any atom is -0.494 e. The molecule has 0 atom stereocenters. The van der Waals surface area contributed by atoms with Gasteiger partial charge >= 0.3 is 5.97 Å². The van der Waals surface area contributed by atoms with Crippen molar-refractivity contribution in [1.29, 1.82) is 0 Å². The van der Waals surface area contributed by atoms with Gasteiger partial charge in [-0.25, -0.2) is 4.99 Å². The van der Waals surface area contributed by atoms with Gasteiger partial charge < -0.3 is 29.1 Å². The lowest BCUT2D eigenvalue weighted by Crippen LogP contribution is -2.19. The Labute approximate surface area is 335 Å². The predicted molar refractivity (Wildman–Crippen MR) is 229 cm³/mol. The maximum absolute atomic E-state index is 13.4. The number of carbonyl (C=O) groups excluding carboxylic acids is 2. The van der Waals surface area contributed by atoms with Crippen molar-refractivity contribution < 1.29 is 23.8 Å².